The van der Waals surface area contributed by atoms with Gasteiger partial charge in [0.1, 0.15) is 0 Å². The number of urea groups is 1. The Labute approximate surface area is 186 Å². The first kappa shape index (κ1) is 21.5. The second-order valence-electron chi connectivity index (χ2n) is 7.91. The minimum absolute atomic E-state index is 0.103. The Kier molecular flexibility index (Phi) is 6.20. The number of nitrogens with one attached hydrogen (secondary N) is 1. The second-order valence-corrected chi connectivity index (χ2v) is 7.91. The van der Waals surface area contributed by atoms with Gasteiger partial charge in [0, 0.05) is 37.3 Å². The highest BCUT2D eigenvalue weighted by atomic mass is 16.5. The summed E-state index contributed by atoms with van der Waals surface area (Å²) in [5.41, 5.74) is 3.53. The van der Waals surface area contributed by atoms with Crippen molar-refractivity contribution in [3.63, 3.8) is 0 Å². The van der Waals surface area contributed by atoms with Gasteiger partial charge >= 0.3 is 12.0 Å². The number of hydrogen-bond donors (Lipinski definition) is 1. The molecule has 1 aliphatic heterocycles. The van der Waals surface area contributed by atoms with E-state index in [-0.39, 0.29) is 23.7 Å². The predicted octanol–water partition coefficient (Wildman–Crippen LogP) is 3.88. The molecular formula is C24H26N4O4. The Bertz CT molecular complexity index is 1140. The molecule has 2 aromatic carbocycles. The highest BCUT2D eigenvalue weighted by Gasteiger charge is 2.28. The fourth-order valence-electron chi connectivity index (χ4n) is 3.97. The van der Waals surface area contributed by atoms with Crippen molar-refractivity contribution in [3.05, 3.63) is 59.9 Å². The molecule has 1 fully saturated rings. The molecule has 0 radical (unpaired) electrons. The molecule has 8 heteroatoms. The van der Waals surface area contributed by atoms with Gasteiger partial charge in [-0.15, -0.1) is 0 Å². The number of esters is 1. The Hall–Kier alpha value is -3.68. The van der Waals surface area contributed by atoms with E-state index in [1.54, 1.807) is 42.4 Å². The van der Waals surface area contributed by atoms with Crippen molar-refractivity contribution in [2.45, 2.75) is 19.8 Å². The summed E-state index contributed by atoms with van der Waals surface area (Å²) >= 11 is 0. The van der Waals surface area contributed by atoms with Gasteiger partial charge in [0.05, 0.1) is 29.5 Å². The lowest BCUT2D eigenvalue weighted by atomic mass is 9.89. The van der Waals surface area contributed by atoms with Crippen LogP contribution in [0.25, 0.3) is 11.0 Å². The maximum absolute atomic E-state index is 13.0. The number of carbonyl (C=O) groups excluding carboxylic acids is 3. The second kappa shape index (κ2) is 9.21. The zero-order valence-electron chi connectivity index (χ0n) is 18.2. The third-order valence-corrected chi connectivity index (χ3v) is 5.81. The number of ketones is 1. The van der Waals surface area contributed by atoms with E-state index in [1.165, 1.54) is 0 Å². The summed E-state index contributed by atoms with van der Waals surface area (Å²) in [5, 5.41) is 2.85. The zero-order chi connectivity index (χ0) is 22.7. The molecule has 0 aliphatic carbocycles. The number of anilines is 1. The van der Waals surface area contributed by atoms with Crippen molar-refractivity contribution < 1.29 is 19.1 Å². The Balaban J connectivity index is 1.32. The smallest absolute Gasteiger partial charge is 0.338 e. The van der Waals surface area contributed by atoms with Gasteiger partial charge in [0.2, 0.25) is 0 Å². The van der Waals surface area contributed by atoms with Gasteiger partial charge in [-0.2, -0.15) is 0 Å². The first-order chi connectivity index (χ1) is 15.5. The largest absolute Gasteiger partial charge is 0.462 e. The maximum Gasteiger partial charge on any atom is 0.338 e. The summed E-state index contributed by atoms with van der Waals surface area (Å²) in [6.45, 7) is 3.09. The van der Waals surface area contributed by atoms with Crippen LogP contribution in [0.5, 0.6) is 0 Å². The van der Waals surface area contributed by atoms with Gasteiger partial charge < -0.3 is 19.5 Å². The summed E-state index contributed by atoms with van der Waals surface area (Å²) < 4.78 is 6.86. The van der Waals surface area contributed by atoms with Crippen LogP contribution in [0.3, 0.4) is 0 Å². The van der Waals surface area contributed by atoms with Crippen LogP contribution in [-0.2, 0) is 11.8 Å². The van der Waals surface area contributed by atoms with Gasteiger partial charge in [-0.1, -0.05) is 0 Å². The molecule has 1 aromatic heterocycles. The van der Waals surface area contributed by atoms with E-state index in [2.05, 4.69) is 10.3 Å². The Morgan fingerprint density at radius 1 is 1.06 bits per heavy atom. The SMILES string of the molecule is CCOC(=O)c1ccc(NC(=O)N2CCC(C(=O)c3ccc4ncn(C)c4c3)CC2)cc1. The quantitative estimate of drug-likeness (QED) is 0.486. The highest BCUT2D eigenvalue weighted by Crippen LogP contribution is 2.24. The van der Waals surface area contributed by atoms with Gasteiger partial charge in [0.15, 0.2) is 5.78 Å². The summed E-state index contributed by atoms with van der Waals surface area (Å²) in [7, 11) is 1.91. The summed E-state index contributed by atoms with van der Waals surface area (Å²) in [4.78, 5) is 43.4. The molecular weight excluding hydrogens is 408 g/mol. The van der Waals surface area contributed by atoms with Gasteiger partial charge in [-0.3, -0.25) is 4.79 Å². The molecule has 0 saturated carbocycles. The van der Waals surface area contributed by atoms with Crippen LogP contribution in [-0.4, -0.2) is 51.9 Å². The molecule has 1 aliphatic rings. The van der Waals surface area contributed by atoms with Crippen molar-refractivity contribution >= 4 is 34.5 Å². The highest BCUT2D eigenvalue weighted by molar-refractivity contribution is 6.00. The third kappa shape index (κ3) is 4.49. The molecule has 1 saturated heterocycles. The van der Waals surface area contributed by atoms with E-state index in [9.17, 15) is 14.4 Å². The Morgan fingerprint density at radius 3 is 2.44 bits per heavy atom. The van der Waals surface area contributed by atoms with Crippen LogP contribution in [0.4, 0.5) is 10.5 Å². The van der Waals surface area contributed by atoms with E-state index < -0.39 is 0 Å². The average Bonchev–Trinajstić information content (AvgIpc) is 3.19. The van der Waals surface area contributed by atoms with Crippen LogP contribution in [0.1, 0.15) is 40.5 Å². The first-order valence-corrected chi connectivity index (χ1v) is 10.7. The van der Waals surface area contributed by atoms with Crippen LogP contribution >= 0.6 is 0 Å². The van der Waals surface area contributed by atoms with E-state index >= 15 is 0 Å². The van der Waals surface area contributed by atoms with E-state index in [0.29, 0.717) is 49.4 Å². The number of aromatic nitrogens is 2. The summed E-state index contributed by atoms with van der Waals surface area (Å²) in [6, 6.07) is 12.0. The number of imidazole rings is 1. The monoisotopic (exact) mass is 434 g/mol. The van der Waals surface area contributed by atoms with Crippen molar-refractivity contribution in [2.75, 3.05) is 25.0 Å². The molecule has 0 spiro atoms. The molecule has 32 heavy (non-hydrogen) atoms. The van der Waals surface area contributed by atoms with Crippen LogP contribution in [0, 0.1) is 5.92 Å². The normalized spacial score (nSPS) is 14.4. The number of likely N-dealkylation sites (tertiary alicyclic amines) is 1. The lowest BCUT2D eigenvalue weighted by Crippen LogP contribution is -2.42. The van der Waals surface area contributed by atoms with Crippen LogP contribution < -0.4 is 5.32 Å². The maximum atomic E-state index is 13.0. The van der Waals surface area contributed by atoms with Gasteiger partial charge in [-0.05, 0) is 62.2 Å². The van der Waals surface area contributed by atoms with Crippen LogP contribution in [0.2, 0.25) is 0 Å². The lowest BCUT2D eigenvalue weighted by Gasteiger charge is -2.31. The number of hydrogen-bond acceptors (Lipinski definition) is 5. The zero-order valence-corrected chi connectivity index (χ0v) is 18.2. The molecule has 1 N–H and O–H groups in total. The standard InChI is InChI=1S/C24H26N4O4/c1-3-32-23(30)17-4-7-19(8-5-17)26-24(31)28-12-10-16(11-13-28)22(29)18-6-9-20-21(14-18)27(2)15-25-20/h4-9,14-16H,3,10-13H2,1-2H3,(H,26,31). The Morgan fingerprint density at radius 2 is 1.75 bits per heavy atom. The fraction of sp³-hybridized carbons (Fsp3) is 0.333. The first-order valence-electron chi connectivity index (χ1n) is 10.7. The van der Waals surface area contributed by atoms with E-state index in [0.717, 1.165) is 11.0 Å². The molecule has 0 unspecified atom stereocenters. The van der Waals surface area contributed by atoms with Crippen molar-refractivity contribution in [1.29, 1.82) is 0 Å². The fourth-order valence-corrected chi connectivity index (χ4v) is 3.97. The molecule has 8 nitrogen and oxygen atoms in total. The number of fused-ring (bicyclic) bond motifs is 1. The minimum atomic E-state index is -0.389. The molecule has 2 heterocycles. The van der Waals surface area contributed by atoms with Crippen molar-refractivity contribution in [1.82, 2.24) is 14.5 Å². The van der Waals surface area contributed by atoms with E-state index in [4.69, 9.17) is 4.74 Å². The molecule has 0 bridgehead atoms. The number of carbonyl (C=O) groups is 3. The summed E-state index contributed by atoms with van der Waals surface area (Å²) in [6.07, 6.45) is 2.98. The molecule has 2 amide bonds. The van der Waals surface area contributed by atoms with Crippen LogP contribution in [0.15, 0.2) is 48.8 Å². The number of rotatable bonds is 5. The molecule has 166 valence electrons. The number of ether oxygens (including phenoxy) is 1. The van der Waals surface area contributed by atoms with E-state index in [1.807, 2.05) is 29.8 Å². The van der Waals surface area contributed by atoms with Crippen molar-refractivity contribution in [3.8, 4) is 0 Å². The third-order valence-electron chi connectivity index (χ3n) is 5.81. The number of nitrogens with zero attached hydrogens (tertiary/aromatic N) is 3. The van der Waals surface area contributed by atoms with Gasteiger partial charge in [0.25, 0.3) is 0 Å². The van der Waals surface area contributed by atoms with Gasteiger partial charge in [-0.25, -0.2) is 14.6 Å². The predicted molar refractivity (Wildman–Crippen MR) is 121 cm³/mol. The molecule has 4 rings (SSSR count). The topological polar surface area (TPSA) is 93.5 Å². The lowest BCUT2D eigenvalue weighted by molar-refractivity contribution is 0.0526. The number of aryl methyl sites for hydroxylation is 1. The number of benzene rings is 2. The molecule has 0 atom stereocenters. The molecule has 3 aromatic rings. The average molecular weight is 434 g/mol. The number of Topliss-reactive ketones (excluding diaryl/α,β-unsaturated/α-hetero) is 1. The minimum Gasteiger partial charge on any atom is -0.462 e. The number of amides is 2. The summed E-state index contributed by atoms with van der Waals surface area (Å²) in [5.74, 6) is -0.379. The number of piperidine rings is 1. The van der Waals surface area contributed by atoms with Crippen molar-refractivity contribution in [2.24, 2.45) is 13.0 Å².